The Labute approximate surface area is 123 Å². The minimum Gasteiger partial charge on any atom is -0.467 e. The molecule has 3 aromatic heterocycles. The normalized spacial score (nSPS) is 10.9. The zero-order chi connectivity index (χ0) is 14.8. The van der Waals surface area contributed by atoms with Crippen molar-refractivity contribution in [1.29, 1.82) is 0 Å². The topological polar surface area (TPSA) is 74.3 Å². The molecule has 3 aromatic rings. The number of aromatic nitrogens is 2. The summed E-state index contributed by atoms with van der Waals surface area (Å²) in [4.78, 5) is 28.3. The third kappa shape index (κ3) is 2.47. The average molecular weight is 304 g/mol. The van der Waals surface area contributed by atoms with Crippen LogP contribution in [0.2, 0.25) is 0 Å². The van der Waals surface area contributed by atoms with Crippen LogP contribution in [0.5, 0.6) is 0 Å². The summed E-state index contributed by atoms with van der Waals surface area (Å²) < 4.78 is 12.3. The second kappa shape index (κ2) is 5.53. The number of hydrogen-bond donors (Lipinski definition) is 0. The van der Waals surface area contributed by atoms with Gasteiger partial charge in [0.2, 0.25) is 0 Å². The van der Waals surface area contributed by atoms with Crippen molar-refractivity contribution < 1.29 is 13.9 Å². The molecule has 0 aliphatic carbocycles. The van der Waals surface area contributed by atoms with Crippen LogP contribution in [0.3, 0.4) is 0 Å². The molecule has 6 nitrogen and oxygen atoms in total. The van der Waals surface area contributed by atoms with Gasteiger partial charge in [0.25, 0.3) is 5.56 Å². The molecule has 3 rings (SSSR count). The highest BCUT2D eigenvalue weighted by Crippen LogP contribution is 2.16. The number of ether oxygens (including phenoxy) is 1. The second-order valence-corrected chi connectivity index (χ2v) is 5.21. The van der Waals surface area contributed by atoms with Crippen LogP contribution in [0.15, 0.2) is 39.3 Å². The van der Waals surface area contributed by atoms with Gasteiger partial charge < -0.3 is 9.15 Å². The first-order chi connectivity index (χ1) is 10.2. The first-order valence-corrected chi connectivity index (χ1v) is 7.24. The van der Waals surface area contributed by atoms with E-state index < -0.39 is 5.97 Å². The number of fused-ring (bicyclic) bond motifs is 1. The van der Waals surface area contributed by atoms with Crippen molar-refractivity contribution in [2.24, 2.45) is 0 Å². The molecule has 0 spiro atoms. The molecule has 0 saturated carbocycles. The predicted molar refractivity (Wildman–Crippen MR) is 77.6 cm³/mol. The van der Waals surface area contributed by atoms with E-state index in [1.165, 1.54) is 34.6 Å². The number of rotatable bonds is 4. The molecule has 7 heteroatoms. The maximum absolute atomic E-state index is 12.3. The van der Waals surface area contributed by atoms with E-state index in [4.69, 9.17) is 9.15 Å². The summed E-state index contributed by atoms with van der Waals surface area (Å²) in [5, 5.41) is 1.82. The summed E-state index contributed by atoms with van der Waals surface area (Å²) in [6, 6.07) is 3.33. The summed E-state index contributed by atoms with van der Waals surface area (Å²) >= 11 is 1.34. The van der Waals surface area contributed by atoms with Crippen molar-refractivity contribution in [3.05, 3.63) is 51.8 Å². The molecule has 0 unspecified atom stereocenters. The first-order valence-electron chi connectivity index (χ1n) is 6.37. The van der Waals surface area contributed by atoms with Crippen molar-refractivity contribution in [2.75, 3.05) is 6.61 Å². The van der Waals surface area contributed by atoms with E-state index in [0.717, 1.165) is 0 Å². The number of carbonyl (C=O) groups is 1. The van der Waals surface area contributed by atoms with Crippen molar-refractivity contribution in [2.45, 2.75) is 13.5 Å². The van der Waals surface area contributed by atoms with Crippen LogP contribution in [0.25, 0.3) is 10.2 Å². The summed E-state index contributed by atoms with van der Waals surface area (Å²) in [6.45, 7) is 2.16. The SMILES string of the molecule is CCOC(=O)c1ccoc1Cn1cnc2ccsc2c1=O. The van der Waals surface area contributed by atoms with Crippen LogP contribution in [0.4, 0.5) is 0 Å². The number of hydrogen-bond acceptors (Lipinski definition) is 6. The van der Waals surface area contributed by atoms with Gasteiger partial charge in [-0.1, -0.05) is 0 Å². The number of thiophene rings is 1. The van der Waals surface area contributed by atoms with Crippen LogP contribution < -0.4 is 5.56 Å². The van der Waals surface area contributed by atoms with E-state index in [9.17, 15) is 9.59 Å². The van der Waals surface area contributed by atoms with Crippen molar-refractivity contribution in [1.82, 2.24) is 9.55 Å². The zero-order valence-corrected chi connectivity index (χ0v) is 12.1. The molecule has 0 aliphatic rings. The highest BCUT2D eigenvalue weighted by atomic mass is 32.1. The fourth-order valence-electron chi connectivity index (χ4n) is 2.00. The molecule has 0 N–H and O–H groups in total. The molecule has 21 heavy (non-hydrogen) atoms. The van der Waals surface area contributed by atoms with Gasteiger partial charge in [-0.05, 0) is 24.4 Å². The maximum atomic E-state index is 12.3. The quantitative estimate of drug-likeness (QED) is 0.691. The predicted octanol–water partition coefficient (Wildman–Crippen LogP) is 2.28. The van der Waals surface area contributed by atoms with E-state index in [2.05, 4.69) is 4.98 Å². The summed E-state index contributed by atoms with van der Waals surface area (Å²) in [5.74, 6) is -0.0762. The Hall–Kier alpha value is -2.41. The van der Waals surface area contributed by atoms with Crippen LogP contribution in [0.1, 0.15) is 23.0 Å². The van der Waals surface area contributed by atoms with Gasteiger partial charge in [0.05, 0.1) is 31.3 Å². The highest BCUT2D eigenvalue weighted by molar-refractivity contribution is 7.17. The van der Waals surface area contributed by atoms with Crippen LogP contribution in [-0.2, 0) is 11.3 Å². The largest absolute Gasteiger partial charge is 0.467 e. The summed E-state index contributed by atoms with van der Waals surface area (Å²) in [6.07, 6.45) is 2.86. The van der Waals surface area contributed by atoms with E-state index >= 15 is 0 Å². The van der Waals surface area contributed by atoms with Crippen molar-refractivity contribution in [3.63, 3.8) is 0 Å². The Morgan fingerprint density at radius 2 is 2.33 bits per heavy atom. The molecule has 0 radical (unpaired) electrons. The number of furan rings is 1. The molecule has 0 amide bonds. The van der Waals surface area contributed by atoms with Crippen LogP contribution in [-0.4, -0.2) is 22.1 Å². The van der Waals surface area contributed by atoms with Gasteiger partial charge in [-0.2, -0.15) is 0 Å². The Balaban J connectivity index is 1.96. The average Bonchev–Trinajstić information content (AvgIpc) is 3.11. The molecule has 0 bridgehead atoms. The Morgan fingerprint density at radius 1 is 1.48 bits per heavy atom. The van der Waals surface area contributed by atoms with Gasteiger partial charge in [0, 0.05) is 0 Å². The van der Waals surface area contributed by atoms with E-state index in [1.54, 1.807) is 13.0 Å². The molecular weight excluding hydrogens is 292 g/mol. The number of carbonyl (C=O) groups excluding carboxylic acids is 1. The van der Waals surface area contributed by atoms with Gasteiger partial charge in [0.1, 0.15) is 16.0 Å². The molecule has 0 fully saturated rings. The lowest BCUT2D eigenvalue weighted by molar-refractivity contribution is 0.0523. The van der Waals surface area contributed by atoms with Crippen molar-refractivity contribution in [3.8, 4) is 0 Å². The lowest BCUT2D eigenvalue weighted by Gasteiger charge is -2.05. The smallest absolute Gasteiger partial charge is 0.341 e. The molecule has 0 atom stereocenters. The van der Waals surface area contributed by atoms with Gasteiger partial charge in [-0.3, -0.25) is 9.36 Å². The third-order valence-corrected chi connectivity index (χ3v) is 3.88. The Bertz CT molecular complexity index is 846. The standard InChI is InChI=1S/C14H12N2O4S/c1-2-19-14(18)9-3-5-20-11(9)7-16-8-15-10-4-6-21-12(10)13(16)17/h3-6,8H,2,7H2,1H3. The van der Waals surface area contributed by atoms with Gasteiger partial charge in [0.15, 0.2) is 0 Å². The van der Waals surface area contributed by atoms with Gasteiger partial charge in [-0.25, -0.2) is 9.78 Å². The van der Waals surface area contributed by atoms with E-state index in [0.29, 0.717) is 21.5 Å². The van der Waals surface area contributed by atoms with Crippen LogP contribution >= 0.6 is 11.3 Å². The molecule has 108 valence electrons. The zero-order valence-electron chi connectivity index (χ0n) is 11.2. The summed E-state index contributed by atoms with van der Waals surface area (Å²) in [7, 11) is 0. The van der Waals surface area contributed by atoms with E-state index in [-0.39, 0.29) is 18.7 Å². The number of esters is 1. The summed E-state index contributed by atoms with van der Waals surface area (Å²) in [5.41, 5.74) is 0.850. The van der Waals surface area contributed by atoms with E-state index in [1.807, 2.05) is 5.38 Å². The second-order valence-electron chi connectivity index (χ2n) is 4.29. The van der Waals surface area contributed by atoms with Crippen molar-refractivity contribution >= 4 is 27.5 Å². The lowest BCUT2D eigenvalue weighted by atomic mass is 10.2. The Kier molecular flexibility index (Phi) is 3.57. The molecule has 0 saturated heterocycles. The first kappa shape index (κ1) is 13.6. The monoisotopic (exact) mass is 304 g/mol. The van der Waals surface area contributed by atoms with Gasteiger partial charge in [-0.15, -0.1) is 11.3 Å². The maximum Gasteiger partial charge on any atom is 0.341 e. The molecule has 3 heterocycles. The highest BCUT2D eigenvalue weighted by Gasteiger charge is 2.17. The molecular formula is C14H12N2O4S. The fraction of sp³-hybridized carbons (Fsp3) is 0.214. The minimum absolute atomic E-state index is 0.140. The Morgan fingerprint density at radius 3 is 3.14 bits per heavy atom. The van der Waals surface area contributed by atoms with Gasteiger partial charge >= 0.3 is 5.97 Å². The van der Waals surface area contributed by atoms with Crippen LogP contribution in [0, 0.1) is 0 Å². The molecule has 0 aromatic carbocycles. The number of nitrogens with zero attached hydrogens (tertiary/aromatic N) is 2. The third-order valence-electron chi connectivity index (χ3n) is 2.99. The lowest BCUT2D eigenvalue weighted by Crippen LogP contribution is -2.21. The minimum atomic E-state index is -0.459. The molecule has 0 aliphatic heterocycles. The fourth-order valence-corrected chi connectivity index (χ4v) is 2.79.